The third kappa shape index (κ3) is 18.5. The van der Waals surface area contributed by atoms with Crippen LogP contribution in [0.4, 0.5) is 0 Å². The zero-order valence-electron chi connectivity index (χ0n) is 1.94. The van der Waals surface area contributed by atoms with Crippen LogP contribution in [0.15, 0.2) is 0 Å². The first-order chi connectivity index (χ1) is 1.73. The number of hydrogen-bond acceptors (Lipinski definition) is 0. The normalized spacial score (nSPS) is 9.00. The summed E-state index contributed by atoms with van der Waals surface area (Å²) in [5.74, 6) is 0. The van der Waals surface area contributed by atoms with Crippen molar-refractivity contribution in [1.29, 1.82) is 0 Å². The van der Waals surface area contributed by atoms with Gasteiger partial charge in [-0.2, -0.15) is 0 Å². The molecule has 0 rings (SSSR count). The molecule has 0 saturated heterocycles. The van der Waals surface area contributed by atoms with Crippen molar-refractivity contribution in [2.45, 2.75) is 0 Å². The van der Waals surface area contributed by atoms with Gasteiger partial charge in [0, 0.05) is 41.7 Å². The average Bonchev–Trinajstić information content (AvgIpc) is 0.811. The fraction of sp³-hybridized carbons (Fsp3) is 0. The molecule has 0 amide bonds. The summed E-state index contributed by atoms with van der Waals surface area (Å²) in [7, 11) is 0. The van der Waals surface area contributed by atoms with Crippen LogP contribution < -0.4 is 0 Å². The van der Waals surface area contributed by atoms with E-state index in [0.717, 1.165) is 0 Å². The summed E-state index contributed by atoms with van der Waals surface area (Å²) in [6, 6.07) is 0. The fourth-order valence-electron chi connectivity index (χ4n) is 0. The van der Waals surface area contributed by atoms with Crippen molar-refractivity contribution in [2.24, 2.45) is 0 Å². The number of hydrogen-bond donors (Lipinski definition) is 0. The molecule has 0 aliphatic heterocycles. The third-order valence-corrected chi connectivity index (χ3v) is 0. The number of halogens is 3. The Balaban J connectivity index is 0. The van der Waals surface area contributed by atoms with Gasteiger partial charge in [-0.3, -0.25) is 0 Å². The zero-order valence-corrected chi connectivity index (χ0v) is 9.28. The minimum atomic E-state index is -1.79. The van der Waals surface area contributed by atoms with E-state index < -0.39 is 27.4 Å². The molecule has 0 saturated carbocycles. The molecule has 0 nitrogen and oxygen atoms in total. The van der Waals surface area contributed by atoms with Gasteiger partial charge in [-0.15, -0.1) is 0 Å². The predicted octanol–water partition coefficient (Wildman–Crippen LogP) is 2.07. The van der Waals surface area contributed by atoms with E-state index in [2.05, 4.69) is 0 Å². The van der Waals surface area contributed by atoms with E-state index in [0.29, 0.717) is 0 Å². The van der Waals surface area contributed by atoms with Gasteiger partial charge in [0.05, 0.1) is 0 Å². The summed E-state index contributed by atoms with van der Waals surface area (Å²) < 4.78 is 0. The van der Waals surface area contributed by atoms with Crippen LogP contribution in [-0.2, 0) is 0 Å². The first-order valence-corrected chi connectivity index (χ1v) is 7.61. The maximum atomic E-state index is 4.95. The van der Waals surface area contributed by atoms with Gasteiger partial charge in [-0.05, 0) is 0 Å². The molecule has 5 heavy (non-hydrogen) atoms. The molecule has 0 aromatic carbocycles. The van der Waals surface area contributed by atoms with Crippen LogP contribution in [0.5, 0.6) is 0 Å². The van der Waals surface area contributed by atoms with E-state index in [1.165, 1.54) is 0 Å². The van der Waals surface area contributed by atoms with Crippen molar-refractivity contribution in [3.8, 4) is 0 Å². The molecule has 0 unspecified atom stereocenters. The Bertz CT molecular complexity index is 11.6. The molecule has 0 aliphatic carbocycles. The van der Waals surface area contributed by atoms with Gasteiger partial charge in [0.2, 0.25) is 0 Å². The van der Waals surface area contributed by atoms with Crippen molar-refractivity contribution in [3.05, 3.63) is 0 Å². The average molecular weight is 411 g/mol. The van der Waals surface area contributed by atoms with Gasteiger partial charge in [0.15, 0.2) is 0 Å². The summed E-state index contributed by atoms with van der Waals surface area (Å²) >= 11 is -1.79. The van der Waals surface area contributed by atoms with Gasteiger partial charge in [0.25, 0.3) is 0 Å². The van der Waals surface area contributed by atoms with Crippen molar-refractivity contribution >= 4 is 19.2 Å². The van der Waals surface area contributed by atoms with Crippen molar-refractivity contribution in [2.75, 3.05) is 0 Å². The van der Waals surface area contributed by atoms with E-state index in [1.807, 2.05) is 0 Å². The first-order valence-electron chi connectivity index (χ1n) is 0.342. The Morgan fingerprint density at radius 3 is 1.00 bits per heavy atom. The van der Waals surface area contributed by atoms with Crippen LogP contribution in [0, 0.1) is 69.1 Å². The molecule has 36 valence electrons. The molecule has 0 spiro atoms. The minimum absolute atomic E-state index is 0. The Kier molecular flexibility index (Phi) is 17.0. The van der Waals surface area contributed by atoms with Crippen molar-refractivity contribution in [1.82, 2.24) is 0 Å². The summed E-state index contributed by atoms with van der Waals surface area (Å²) in [5.41, 5.74) is 0. The molecule has 5 heteroatoms. The van der Waals surface area contributed by atoms with E-state index in [1.54, 1.807) is 0 Å². The van der Waals surface area contributed by atoms with Crippen LogP contribution in [0.2, 0.25) is 0 Å². The summed E-state index contributed by atoms with van der Waals surface area (Å²) in [6.45, 7) is 0. The molecule has 0 radical (unpaired) electrons. The Morgan fingerprint density at radius 2 is 1.00 bits per heavy atom. The molecule has 0 aliphatic rings. The molecule has 0 aromatic heterocycles. The van der Waals surface area contributed by atoms with E-state index >= 15 is 0 Å². The molecular formula is CeCl3Ho. The molecular weight excluding hydrogens is 411 g/mol. The Morgan fingerprint density at radius 1 is 1.00 bits per heavy atom. The van der Waals surface area contributed by atoms with Gasteiger partial charge >= 0.3 is 46.6 Å². The van der Waals surface area contributed by atoms with Crippen LogP contribution in [0.1, 0.15) is 0 Å². The summed E-state index contributed by atoms with van der Waals surface area (Å²) in [6.07, 6.45) is 14.9. The SMILES string of the molecule is [Ce].[Cl][Ho]([Cl])[Cl]. The molecule has 0 heterocycles. The van der Waals surface area contributed by atoms with Gasteiger partial charge < -0.3 is 0 Å². The Labute approximate surface area is 85.4 Å². The fourth-order valence-corrected chi connectivity index (χ4v) is 0. The molecule has 0 N–H and O–H groups in total. The van der Waals surface area contributed by atoms with E-state index in [9.17, 15) is 0 Å². The van der Waals surface area contributed by atoms with Crippen LogP contribution >= 0.6 is 19.2 Å². The third-order valence-electron chi connectivity index (χ3n) is 0. The monoisotopic (exact) mass is 410 g/mol. The van der Waals surface area contributed by atoms with Crippen LogP contribution in [0.25, 0.3) is 0 Å². The molecule has 0 bridgehead atoms. The summed E-state index contributed by atoms with van der Waals surface area (Å²) in [4.78, 5) is 0. The quantitative estimate of drug-likeness (QED) is 0.536. The molecule has 0 fully saturated rings. The van der Waals surface area contributed by atoms with Gasteiger partial charge in [-0.1, -0.05) is 0 Å². The standard InChI is InChI=1S/Ce.3ClH.Ho/h;3*1H;/q;;;;+3/p-3. The van der Waals surface area contributed by atoms with Gasteiger partial charge in [-0.25, -0.2) is 0 Å². The Hall–Kier alpha value is 3.51. The van der Waals surface area contributed by atoms with E-state index in [-0.39, 0.29) is 41.7 Å². The van der Waals surface area contributed by atoms with Crippen LogP contribution in [0.3, 0.4) is 0 Å². The topological polar surface area (TPSA) is 0 Å². The second-order valence-corrected chi connectivity index (χ2v) is 8.62. The van der Waals surface area contributed by atoms with Gasteiger partial charge in [0.1, 0.15) is 0 Å². The number of rotatable bonds is 0. The van der Waals surface area contributed by atoms with Crippen LogP contribution in [-0.4, -0.2) is 0 Å². The zero-order chi connectivity index (χ0) is 3.58. The second kappa shape index (κ2) is 7.51. The first kappa shape index (κ1) is 11.3. The van der Waals surface area contributed by atoms with E-state index in [4.69, 9.17) is 19.2 Å². The van der Waals surface area contributed by atoms with Crippen molar-refractivity contribution in [3.63, 3.8) is 0 Å². The maximum absolute atomic E-state index is 4.95. The predicted molar refractivity (Wildman–Crippen MR) is 17.6 cm³/mol. The molecule has 0 atom stereocenters. The second-order valence-electron chi connectivity index (χ2n) is 0.129. The van der Waals surface area contributed by atoms with Crippen molar-refractivity contribution < 1.29 is 69.1 Å². The molecule has 0 aromatic rings. The summed E-state index contributed by atoms with van der Waals surface area (Å²) in [5, 5.41) is 0.